The summed E-state index contributed by atoms with van der Waals surface area (Å²) in [5.41, 5.74) is 2.77. The largest absolute Gasteiger partial charge is 0.504 e. The van der Waals surface area contributed by atoms with E-state index in [0.29, 0.717) is 27.9 Å². The van der Waals surface area contributed by atoms with Gasteiger partial charge in [0.1, 0.15) is 5.01 Å². The molecule has 0 aliphatic heterocycles. The second-order valence-electron chi connectivity index (χ2n) is 6.23. The van der Waals surface area contributed by atoms with E-state index in [1.165, 1.54) is 13.3 Å². The van der Waals surface area contributed by atoms with Crippen LogP contribution in [0.2, 0.25) is 0 Å². The van der Waals surface area contributed by atoms with E-state index in [4.69, 9.17) is 4.74 Å². The summed E-state index contributed by atoms with van der Waals surface area (Å²) in [7, 11) is 1.45. The lowest BCUT2D eigenvalue weighted by Gasteiger charge is -2.04. The third kappa shape index (κ3) is 7.49. The molecule has 0 saturated heterocycles. The number of phenolic OH excluding ortho intramolecular Hbond substituents is 1. The maximum Gasteiger partial charge on any atom is 0.247 e. The summed E-state index contributed by atoms with van der Waals surface area (Å²) in [6.07, 6.45) is 5.85. The Morgan fingerprint density at radius 2 is 2.07 bits per heavy atom. The van der Waals surface area contributed by atoms with Crippen molar-refractivity contribution in [3.63, 3.8) is 0 Å². The number of phenols is 1. The number of benzene rings is 1. The van der Waals surface area contributed by atoms with Crippen LogP contribution in [0.15, 0.2) is 23.3 Å². The van der Waals surface area contributed by atoms with Crippen LogP contribution < -0.4 is 15.5 Å². The number of unbranched alkanes of at least 4 members (excludes halogenated alkanes) is 3. The molecule has 10 heteroatoms. The Kier molecular flexibility index (Phi) is 9.03. The van der Waals surface area contributed by atoms with Gasteiger partial charge in [0.05, 0.1) is 19.7 Å². The molecule has 0 radical (unpaired) electrons. The van der Waals surface area contributed by atoms with Gasteiger partial charge < -0.3 is 15.2 Å². The molecule has 3 N–H and O–H groups in total. The third-order valence-electron chi connectivity index (χ3n) is 3.93. The maximum atomic E-state index is 12.0. The van der Waals surface area contributed by atoms with E-state index in [1.54, 1.807) is 18.2 Å². The first-order valence-corrected chi connectivity index (χ1v) is 10.1. The number of ether oxygens (including phenoxy) is 1. The van der Waals surface area contributed by atoms with Gasteiger partial charge >= 0.3 is 0 Å². The number of aromatic nitrogens is 2. The van der Waals surface area contributed by atoms with Crippen LogP contribution in [-0.4, -0.2) is 40.4 Å². The molecule has 156 valence electrons. The topological polar surface area (TPSA) is 126 Å². The lowest BCUT2D eigenvalue weighted by atomic mass is 10.1. The van der Waals surface area contributed by atoms with E-state index in [9.17, 15) is 14.7 Å². The fraction of sp³-hybridized carbons (Fsp3) is 0.421. The van der Waals surface area contributed by atoms with Gasteiger partial charge in [0.25, 0.3) is 0 Å². The van der Waals surface area contributed by atoms with E-state index in [-0.39, 0.29) is 18.1 Å². The van der Waals surface area contributed by atoms with Crippen molar-refractivity contribution in [2.45, 2.75) is 45.4 Å². The van der Waals surface area contributed by atoms with Gasteiger partial charge in [-0.1, -0.05) is 43.6 Å². The monoisotopic (exact) mass is 419 g/mol. The predicted octanol–water partition coefficient (Wildman–Crippen LogP) is 2.85. The minimum atomic E-state index is -0.391. The Morgan fingerprint density at radius 1 is 1.24 bits per heavy atom. The molecule has 2 amide bonds. The number of amides is 2. The van der Waals surface area contributed by atoms with Crippen molar-refractivity contribution in [2.75, 3.05) is 12.4 Å². The molecule has 2 aromatic rings. The first kappa shape index (κ1) is 22.3. The van der Waals surface area contributed by atoms with Gasteiger partial charge in [-0.15, -0.1) is 10.2 Å². The molecule has 9 nitrogen and oxygen atoms in total. The fourth-order valence-electron chi connectivity index (χ4n) is 2.43. The molecular formula is C19H25N5O4S. The molecule has 0 bridgehead atoms. The second kappa shape index (κ2) is 11.7. The van der Waals surface area contributed by atoms with Gasteiger partial charge in [0.2, 0.25) is 16.9 Å². The highest BCUT2D eigenvalue weighted by Crippen LogP contribution is 2.27. The highest BCUT2D eigenvalue weighted by molar-refractivity contribution is 7.15. The van der Waals surface area contributed by atoms with Gasteiger partial charge in [-0.25, -0.2) is 5.43 Å². The number of aromatic hydroxyl groups is 1. The zero-order chi connectivity index (χ0) is 21.1. The number of methoxy groups -OCH3 is 1. The molecule has 0 fully saturated rings. The number of para-hydroxylation sites is 1. The summed E-state index contributed by atoms with van der Waals surface area (Å²) in [4.78, 5) is 23.8. The van der Waals surface area contributed by atoms with E-state index in [2.05, 4.69) is 33.0 Å². The quantitative estimate of drug-likeness (QED) is 0.292. The predicted molar refractivity (Wildman–Crippen MR) is 111 cm³/mol. The highest BCUT2D eigenvalue weighted by atomic mass is 32.1. The Labute approximate surface area is 173 Å². The molecule has 1 heterocycles. The molecule has 0 unspecified atom stereocenters. The Bertz CT molecular complexity index is 853. The molecule has 0 saturated carbocycles. The van der Waals surface area contributed by atoms with E-state index in [1.807, 2.05) is 0 Å². The Balaban J connectivity index is 1.79. The molecular weight excluding hydrogens is 394 g/mol. The number of nitrogens with zero attached hydrogens (tertiary/aromatic N) is 3. The number of anilines is 1. The zero-order valence-corrected chi connectivity index (χ0v) is 17.3. The summed E-state index contributed by atoms with van der Waals surface area (Å²) < 4.78 is 5.01. The lowest BCUT2D eigenvalue weighted by Crippen LogP contribution is -2.19. The highest BCUT2D eigenvalue weighted by Gasteiger charge is 2.11. The van der Waals surface area contributed by atoms with E-state index >= 15 is 0 Å². The van der Waals surface area contributed by atoms with Crippen LogP contribution in [0, 0.1) is 0 Å². The SMILES string of the molecule is CCCCCCC(=O)Nc1nnc(CC(=O)N/N=C/c2cccc(OC)c2O)s1. The third-order valence-corrected chi connectivity index (χ3v) is 4.76. The van der Waals surface area contributed by atoms with Gasteiger partial charge in [-0.3, -0.25) is 9.59 Å². The van der Waals surface area contributed by atoms with Crippen LogP contribution in [0.25, 0.3) is 0 Å². The summed E-state index contributed by atoms with van der Waals surface area (Å²) in [6.45, 7) is 2.12. The van der Waals surface area contributed by atoms with Gasteiger partial charge in [-0.05, 0) is 18.6 Å². The summed E-state index contributed by atoms with van der Waals surface area (Å²) in [5, 5.41) is 25.1. The average molecular weight is 420 g/mol. The smallest absolute Gasteiger partial charge is 0.247 e. The van der Waals surface area contributed by atoms with Crippen molar-refractivity contribution < 1.29 is 19.4 Å². The maximum absolute atomic E-state index is 12.0. The molecule has 0 aliphatic rings. The van der Waals surface area contributed by atoms with Crippen molar-refractivity contribution in [1.29, 1.82) is 0 Å². The number of hydrogen-bond acceptors (Lipinski definition) is 8. The van der Waals surface area contributed by atoms with Crippen LogP contribution in [0.5, 0.6) is 11.5 Å². The molecule has 0 spiro atoms. The Morgan fingerprint density at radius 3 is 2.83 bits per heavy atom. The van der Waals surface area contributed by atoms with Crippen LogP contribution in [0.4, 0.5) is 5.13 Å². The number of carbonyl (C=O) groups is 2. The normalized spacial score (nSPS) is 10.8. The molecule has 2 rings (SSSR count). The molecule has 1 aromatic carbocycles. The fourth-order valence-corrected chi connectivity index (χ4v) is 3.18. The van der Waals surface area contributed by atoms with Crippen LogP contribution in [0.3, 0.4) is 0 Å². The second-order valence-corrected chi connectivity index (χ2v) is 7.29. The average Bonchev–Trinajstić information content (AvgIpc) is 3.13. The van der Waals surface area contributed by atoms with Gasteiger partial charge in [0, 0.05) is 12.0 Å². The number of nitrogens with one attached hydrogen (secondary N) is 2. The summed E-state index contributed by atoms with van der Waals surface area (Å²) >= 11 is 1.15. The molecule has 29 heavy (non-hydrogen) atoms. The molecule has 1 aromatic heterocycles. The number of hydrazone groups is 1. The zero-order valence-electron chi connectivity index (χ0n) is 16.5. The van der Waals surface area contributed by atoms with E-state index < -0.39 is 5.91 Å². The van der Waals surface area contributed by atoms with Crippen molar-refractivity contribution in [1.82, 2.24) is 15.6 Å². The van der Waals surface area contributed by atoms with Gasteiger partial charge in [-0.2, -0.15) is 5.10 Å². The summed E-state index contributed by atoms with van der Waals surface area (Å²) in [6, 6.07) is 4.94. The number of rotatable bonds is 11. The van der Waals surface area contributed by atoms with Crippen LogP contribution in [0.1, 0.15) is 49.6 Å². The van der Waals surface area contributed by atoms with Crippen LogP contribution in [-0.2, 0) is 16.0 Å². The number of carbonyl (C=O) groups excluding carboxylic acids is 2. The van der Waals surface area contributed by atoms with E-state index in [0.717, 1.165) is 37.0 Å². The first-order chi connectivity index (χ1) is 14.0. The first-order valence-electron chi connectivity index (χ1n) is 9.33. The van der Waals surface area contributed by atoms with Crippen LogP contribution >= 0.6 is 11.3 Å². The van der Waals surface area contributed by atoms with Crippen molar-refractivity contribution in [2.24, 2.45) is 5.10 Å². The lowest BCUT2D eigenvalue weighted by molar-refractivity contribution is -0.120. The minimum absolute atomic E-state index is 0.0224. The molecule has 0 aliphatic carbocycles. The number of hydrogen-bond donors (Lipinski definition) is 3. The minimum Gasteiger partial charge on any atom is -0.504 e. The van der Waals surface area contributed by atoms with Crippen molar-refractivity contribution in [3.8, 4) is 11.5 Å². The standard InChI is InChI=1S/C19H25N5O4S/c1-3-4-5-6-10-15(25)21-19-24-23-17(29-19)11-16(26)22-20-12-13-8-7-9-14(28-2)18(13)27/h7-9,12,27H,3-6,10-11H2,1-2H3,(H,22,26)(H,21,24,25)/b20-12+. The molecule has 0 atom stereocenters. The Hall–Kier alpha value is -3.01. The summed E-state index contributed by atoms with van der Waals surface area (Å²) in [5.74, 6) is -0.241. The van der Waals surface area contributed by atoms with Crippen molar-refractivity contribution in [3.05, 3.63) is 28.8 Å². The van der Waals surface area contributed by atoms with Gasteiger partial charge in [0.15, 0.2) is 11.5 Å². The van der Waals surface area contributed by atoms with Crippen molar-refractivity contribution >= 4 is 34.5 Å².